The molecule has 3 N–H and O–H groups in total. The number of benzene rings is 1. The van der Waals surface area contributed by atoms with Crippen LogP contribution in [0.1, 0.15) is 31.7 Å². The van der Waals surface area contributed by atoms with Gasteiger partial charge in [-0.1, -0.05) is 12.1 Å². The van der Waals surface area contributed by atoms with Crippen molar-refractivity contribution < 1.29 is 41.1 Å². The Morgan fingerprint density at radius 3 is 2.54 bits per heavy atom. The van der Waals surface area contributed by atoms with Gasteiger partial charge in [0.15, 0.2) is 17.3 Å². The quantitative estimate of drug-likeness (QED) is 0.236. The van der Waals surface area contributed by atoms with Gasteiger partial charge in [-0.05, 0) is 42.5 Å². The molecule has 0 aliphatic rings. The van der Waals surface area contributed by atoms with Gasteiger partial charge in [0.05, 0.1) is 19.1 Å². The van der Waals surface area contributed by atoms with Crippen LogP contribution in [0, 0.1) is 0 Å². The van der Waals surface area contributed by atoms with E-state index < -0.39 is 23.7 Å². The zero-order chi connectivity index (χ0) is 27.7. The first-order valence-corrected chi connectivity index (χ1v) is 12.0. The number of thiophene rings is 1. The van der Waals surface area contributed by atoms with Crippen LogP contribution in [0.4, 0.5) is 18.9 Å². The largest absolute Gasteiger partial charge is 0.493 e. The molecular weight excluding hydrogens is 539 g/mol. The minimum absolute atomic E-state index is 0.0195. The van der Waals surface area contributed by atoms with Crippen molar-refractivity contribution in [3.63, 3.8) is 0 Å². The first kappa shape index (κ1) is 25.9. The number of aromatic nitrogens is 1. The normalized spacial score (nSPS) is 11.5. The molecule has 0 radical (unpaired) electrons. The highest BCUT2D eigenvalue weighted by Crippen LogP contribution is 2.44. The van der Waals surface area contributed by atoms with Crippen LogP contribution in [0.5, 0.6) is 11.5 Å². The number of alkyl halides is 3. The van der Waals surface area contributed by atoms with Crippen molar-refractivity contribution in [3.05, 3.63) is 83.0 Å². The number of primary amides is 1. The molecule has 0 fully saturated rings. The maximum atomic E-state index is 13.6. The second kappa shape index (κ2) is 10.2. The van der Waals surface area contributed by atoms with Crippen molar-refractivity contribution in [2.75, 3.05) is 12.4 Å². The number of carbonyl (C=O) groups is 2. The summed E-state index contributed by atoms with van der Waals surface area (Å²) in [6, 6.07) is 13.6. The number of nitrogens with two attached hydrogens (primary N) is 1. The van der Waals surface area contributed by atoms with Gasteiger partial charge in [-0.15, -0.1) is 11.3 Å². The van der Waals surface area contributed by atoms with Gasteiger partial charge in [-0.2, -0.15) is 13.2 Å². The van der Waals surface area contributed by atoms with Gasteiger partial charge < -0.3 is 29.4 Å². The van der Waals surface area contributed by atoms with Crippen molar-refractivity contribution >= 4 is 39.1 Å². The van der Waals surface area contributed by atoms with Crippen molar-refractivity contribution in [2.45, 2.75) is 12.8 Å². The number of fused-ring (bicyclic) bond motifs is 1. The van der Waals surface area contributed by atoms with E-state index in [1.807, 2.05) is 0 Å². The highest BCUT2D eigenvalue weighted by atomic mass is 32.1. The Labute approximate surface area is 221 Å². The summed E-state index contributed by atoms with van der Waals surface area (Å²) in [5.74, 6) is -0.504. The van der Waals surface area contributed by atoms with Gasteiger partial charge in [0.2, 0.25) is 0 Å². The van der Waals surface area contributed by atoms with Crippen LogP contribution in [-0.4, -0.2) is 23.9 Å². The van der Waals surface area contributed by atoms with Crippen LogP contribution in [0.15, 0.2) is 69.7 Å². The lowest BCUT2D eigenvalue weighted by Crippen LogP contribution is -2.16. The lowest BCUT2D eigenvalue weighted by Gasteiger charge is -2.10. The molecule has 5 aromatic rings. The fourth-order valence-corrected chi connectivity index (χ4v) is 4.81. The lowest BCUT2D eigenvalue weighted by molar-refractivity contribution is -0.140. The molecule has 0 spiro atoms. The predicted octanol–water partition coefficient (Wildman–Crippen LogP) is 6.11. The molecule has 0 bridgehead atoms. The number of rotatable bonds is 8. The van der Waals surface area contributed by atoms with E-state index in [-0.39, 0.29) is 44.5 Å². The molecule has 200 valence electrons. The van der Waals surface area contributed by atoms with E-state index in [4.69, 9.17) is 24.0 Å². The van der Waals surface area contributed by atoms with Crippen LogP contribution < -0.4 is 20.5 Å². The van der Waals surface area contributed by atoms with Gasteiger partial charge in [-0.3, -0.25) is 9.59 Å². The van der Waals surface area contributed by atoms with Crippen LogP contribution in [0.25, 0.3) is 21.5 Å². The number of hydrogen-bond acceptors (Lipinski definition) is 8. The van der Waals surface area contributed by atoms with Crippen LogP contribution >= 0.6 is 11.3 Å². The molecule has 5 rings (SSSR count). The summed E-state index contributed by atoms with van der Waals surface area (Å²) in [6.45, 7) is -0.0195. The summed E-state index contributed by atoms with van der Waals surface area (Å²) in [4.78, 5) is 28.7. The Morgan fingerprint density at radius 2 is 1.87 bits per heavy atom. The first-order chi connectivity index (χ1) is 18.7. The van der Waals surface area contributed by atoms with Gasteiger partial charge in [-0.25, -0.2) is 4.98 Å². The van der Waals surface area contributed by atoms with Crippen molar-refractivity contribution in [2.24, 2.45) is 5.73 Å². The highest BCUT2D eigenvalue weighted by molar-refractivity contribution is 7.21. The molecule has 0 atom stereocenters. The number of ether oxygens (including phenoxy) is 2. The Morgan fingerprint density at radius 1 is 1.10 bits per heavy atom. The van der Waals surface area contributed by atoms with E-state index in [9.17, 15) is 22.8 Å². The molecule has 9 nitrogen and oxygen atoms in total. The summed E-state index contributed by atoms with van der Waals surface area (Å²) in [5, 5.41) is 2.62. The number of pyridine rings is 1. The SMILES string of the molecule is COc1ccccc1OCc1ccc(C(=O)Nc2c(C(N)=O)sc3nc(C(F)(F)F)cc(-c4ccco4)c23)o1. The minimum Gasteiger partial charge on any atom is -0.493 e. The number of methoxy groups -OCH3 is 1. The number of anilines is 1. The van der Waals surface area contributed by atoms with Gasteiger partial charge >= 0.3 is 6.18 Å². The molecule has 0 saturated carbocycles. The molecule has 39 heavy (non-hydrogen) atoms. The number of nitrogens with zero attached hydrogens (tertiary/aromatic N) is 1. The lowest BCUT2D eigenvalue weighted by atomic mass is 10.1. The van der Waals surface area contributed by atoms with Crippen LogP contribution in [-0.2, 0) is 12.8 Å². The number of para-hydroxylation sites is 2. The summed E-state index contributed by atoms with van der Waals surface area (Å²) < 4.78 is 62.6. The monoisotopic (exact) mass is 557 g/mol. The standard InChI is InChI=1S/C26H18F3N3O6S/c1-35-16-5-2-3-6-17(16)37-12-13-8-9-18(38-13)24(34)32-21-20-14(15-7-4-10-36-15)11-19(26(27,28)29)31-25(20)39-22(21)23(30)33/h2-11H,12H2,1H3,(H2,30,33)(H,32,34). The summed E-state index contributed by atoms with van der Waals surface area (Å²) in [6.07, 6.45) is -3.49. The number of carbonyl (C=O) groups excluding carboxylic acids is 2. The third-order valence-corrected chi connectivity index (χ3v) is 6.62. The number of hydrogen-bond donors (Lipinski definition) is 2. The summed E-state index contributed by atoms with van der Waals surface area (Å²) in [5.41, 5.74) is 4.18. The average Bonchev–Trinajstić information content (AvgIpc) is 3.67. The van der Waals surface area contributed by atoms with E-state index in [2.05, 4.69) is 10.3 Å². The highest BCUT2D eigenvalue weighted by Gasteiger charge is 2.35. The number of nitrogens with one attached hydrogen (secondary N) is 1. The van der Waals surface area contributed by atoms with Crippen molar-refractivity contribution in [1.82, 2.24) is 4.98 Å². The second-order valence-electron chi connectivity index (χ2n) is 8.04. The van der Waals surface area contributed by atoms with Gasteiger partial charge in [0.25, 0.3) is 11.8 Å². The summed E-state index contributed by atoms with van der Waals surface area (Å²) >= 11 is 0.621. The molecule has 4 heterocycles. The molecular formula is C26H18F3N3O6S. The third kappa shape index (κ3) is 5.16. The average molecular weight is 558 g/mol. The first-order valence-electron chi connectivity index (χ1n) is 11.2. The molecule has 13 heteroatoms. The molecule has 0 aliphatic heterocycles. The zero-order valence-corrected chi connectivity index (χ0v) is 20.8. The number of furan rings is 2. The van der Waals surface area contributed by atoms with Crippen LogP contribution in [0.2, 0.25) is 0 Å². The number of halogens is 3. The maximum Gasteiger partial charge on any atom is 0.433 e. The van der Waals surface area contributed by atoms with Crippen LogP contribution in [0.3, 0.4) is 0 Å². The van der Waals surface area contributed by atoms with Crippen molar-refractivity contribution in [3.8, 4) is 22.8 Å². The second-order valence-corrected chi connectivity index (χ2v) is 9.04. The number of amides is 2. The topological polar surface area (TPSA) is 130 Å². The minimum atomic E-state index is -4.77. The fourth-order valence-electron chi connectivity index (χ4n) is 3.80. The van der Waals surface area contributed by atoms with E-state index in [1.165, 1.54) is 37.6 Å². The molecule has 0 saturated heterocycles. The molecule has 0 aliphatic carbocycles. The van der Waals surface area contributed by atoms with E-state index in [1.54, 1.807) is 24.3 Å². The van der Waals surface area contributed by atoms with Gasteiger partial charge in [0, 0.05) is 10.9 Å². The fraction of sp³-hybridized carbons (Fsp3) is 0.115. The Hall–Kier alpha value is -4.78. The van der Waals surface area contributed by atoms with E-state index in [0.717, 1.165) is 6.07 Å². The zero-order valence-electron chi connectivity index (χ0n) is 20.0. The molecule has 0 unspecified atom stereocenters. The third-order valence-electron chi connectivity index (χ3n) is 5.53. The molecule has 2 amide bonds. The van der Waals surface area contributed by atoms with E-state index in [0.29, 0.717) is 28.6 Å². The molecule has 1 aromatic carbocycles. The summed E-state index contributed by atoms with van der Waals surface area (Å²) in [7, 11) is 1.50. The van der Waals surface area contributed by atoms with Gasteiger partial charge in [0.1, 0.15) is 33.5 Å². The maximum absolute atomic E-state index is 13.6. The smallest absolute Gasteiger partial charge is 0.433 e. The van der Waals surface area contributed by atoms with Crippen molar-refractivity contribution in [1.29, 1.82) is 0 Å². The Balaban J connectivity index is 1.48. The Kier molecular flexibility index (Phi) is 6.74. The molecule has 4 aromatic heterocycles. The predicted molar refractivity (Wildman–Crippen MR) is 135 cm³/mol. The van der Waals surface area contributed by atoms with E-state index >= 15 is 0 Å². The Bertz CT molecular complexity index is 1670.